The maximum Gasteiger partial charge on any atom is 0.269 e. The van der Waals surface area contributed by atoms with Gasteiger partial charge in [0.1, 0.15) is 17.2 Å². The predicted molar refractivity (Wildman–Crippen MR) is 141 cm³/mol. The van der Waals surface area contributed by atoms with E-state index >= 15 is 0 Å². The third kappa shape index (κ3) is 6.39. The van der Waals surface area contributed by atoms with Crippen molar-refractivity contribution in [3.63, 3.8) is 0 Å². The highest BCUT2D eigenvalue weighted by Gasteiger charge is 2.27. The van der Waals surface area contributed by atoms with Crippen molar-refractivity contribution < 1.29 is 27.6 Å². The second-order valence-electron chi connectivity index (χ2n) is 9.47. The Bertz CT molecular complexity index is 1320. The molecule has 1 atom stereocenters. The number of methoxy groups -OCH3 is 3. The average molecular weight is 529 g/mol. The van der Waals surface area contributed by atoms with Crippen LogP contribution >= 0.6 is 0 Å². The van der Waals surface area contributed by atoms with E-state index in [0.29, 0.717) is 22.8 Å². The van der Waals surface area contributed by atoms with Gasteiger partial charge in [-0.2, -0.15) is 0 Å². The highest BCUT2D eigenvalue weighted by atomic mass is 32.2. The molecule has 0 saturated carbocycles. The number of benzene rings is 3. The molecule has 0 aromatic heterocycles. The van der Waals surface area contributed by atoms with Crippen molar-refractivity contribution in [2.75, 3.05) is 27.9 Å². The lowest BCUT2D eigenvalue weighted by molar-refractivity contribution is -0.384. The van der Waals surface area contributed by atoms with E-state index in [1.165, 1.54) is 33.5 Å². The summed E-state index contributed by atoms with van der Waals surface area (Å²) in [6.45, 7) is 6.33. The number of hydrogen-bond donors (Lipinski definition) is 1. The van der Waals surface area contributed by atoms with Gasteiger partial charge in [-0.3, -0.25) is 10.1 Å². The smallest absolute Gasteiger partial charge is 0.269 e. The Morgan fingerprint density at radius 1 is 0.892 bits per heavy atom. The van der Waals surface area contributed by atoms with Crippen LogP contribution in [0.5, 0.6) is 17.2 Å². The number of nitrogens with one attached hydrogen (secondary N) is 1. The Morgan fingerprint density at radius 3 is 1.86 bits per heavy atom. The number of non-ortho nitro benzene ring substituents is 1. The van der Waals surface area contributed by atoms with E-state index in [2.05, 4.69) is 25.5 Å². The number of nitrogens with zero attached hydrogens (tertiary/aromatic N) is 1. The molecule has 0 amide bonds. The van der Waals surface area contributed by atoms with Crippen molar-refractivity contribution >= 4 is 15.7 Å². The Balaban J connectivity index is 2.07. The van der Waals surface area contributed by atoms with Gasteiger partial charge in [0.2, 0.25) is 10.0 Å². The minimum Gasteiger partial charge on any atom is -0.496 e. The molecule has 0 bridgehead atoms. The van der Waals surface area contributed by atoms with Crippen LogP contribution in [0.1, 0.15) is 43.4 Å². The zero-order valence-corrected chi connectivity index (χ0v) is 22.6. The SMILES string of the molecule is COc1cc(OC)c(C(CNS(=O)(=O)c2ccc([N+](=O)[O-])cc2)c2ccc(C(C)(C)C)cc2)c(OC)c1. The molecule has 9 nitrogen and oxygen atoms in total. The summed E-state index contributed by atoms with van der Waals surface area (Å²) < 4.78 is 45.6. The normalized spacial score (nSPS) is 12.6. The number of rotatable bonds is 10. The number of ether oxygens (including phenoxy) is 3. The maximum atomic E-state index is 13.1. The molecule has 3 aromatic carbocycles. The summed E-state index contributed by atoms with van der Waals surface area (Å²) >= 11 is 0. The second-order valence-corrected chi connectivity index (χ2v) is 11.2. The van der Waals surface area contributed by atoms with E-state index in [1.54, 1.807) is 12.1 Å². The van der Waals surface area contributed by atoms with Gasteiger partial charge in [0.05, 0.1) is 31.1 Å². The summed E-state index contributed by atoms with van der Waals surface area (Å²) in [6, 6.07) is 16.2. The molecule has 1 unspecified atom stereocenters. The zero-order chi connectivity index (χ0) is 27.4. The lowest BCUT2D eigenvalue weighted by atomic mass is 9.84. The van der Waals surface area contributed by atoms with Crippen LogP contribution in [-0.2, 0) is 15.4 Å². The molecule has 37 heavy (non-hydrogen) atoms. The fourth-order valence-electron chi connectivity index (χ4n) is 4.00. The topological polar surface area (TPSA) is 117 Å². The highest BCUT2D eigenvalue weighted by Crippen LogP contribution is 2.42. The second kappa shape index (κ2) is 11.2. The first-order chi connectivity index (χ1) is 17.4. The minimum atomic E-state index is -3.98. The summed E-state index contributed by atoms with van der Waals surface area (Å²) in [7, 11) is 0.613. The average Bonchev–Trinajstić information content (AvgIpc) is 2.88. The Morgan fingerprint density at radius 2 is 1.43 bits per heavy atom. The first-order valence-electron chi connectivity index (χ1n) is 11.6. The van der Waals surface area contributed by atoms with Gasteiger partial charge in [0.15, 0.2) is 0 Å². The zero-order valence-electron chi connectivity index (χ0n) is 21.8. The van der Waals surface area contributed by atoms with E-state index in [9.17, 15) is 18.5 Å². The van der Waals surface area contributed by atoms with Crippen LogP contribution in [0.4, 0.5) is 5.69 Å². The highest BCUT2D eigenvalue weighted by molar-refractivity contribution is 7.89. The van der Waals surface area contributed by atoms with Crippen molar-refractivity contribution in [1.29, 1.82) is 0 Å². The molecule has 0 saturated heterocycles. The molecule has 3 aromatic rings. The number of nitro benzene ring substituents is 1. The summed E-state index contributed by atoms with van der Waals surface area (Å²) in [5.74, 6) is 1.01. The third-order valence-electron chi connectivity index (χ3n) is 6.12. The molecule has 0 heterocycles. The molecule has 0 aliphatic carbocycles. The summed E-state index contributed by atoms with van der Waals surface area (Å²) in [6.07, 6.45) is 0. The third-order valence-corrected chi connectivity index (χ3v) is 7.56. The van der Waals surface area contributed by atoms with E-state index < -0.39 is 20.9 Å². The quantitative estimate of drug-likeness (QED) is 0.290. The molecular formula is C27H32N2O7S. The van der Waals surface area contributed by atoms with Gasteiger partial charge < -0.3 is 14.2 Å². The van der Waals surface area contributed by atoms with E-state index in [0.717, 1.165) is 23.3 Å². The van der Waals surface area contributed by atoms with Crippen LogP contribution in [0.2, 0.25) is 0 Å². The summed E-state index contributed by atoms with van der Waals surface area (Å²) in [5, 5.41) is 11.0. The van der Waals surface area contributed by atoms with Gasteiger partial charge in [0.25, 0.3) is 5.69 Å². The van der Waals surface area contributed by atoms with Gasteiger partial charge in [-0.05, 0) is 28.7 Å². The molecule has 0 spiro atoms. The van der Waals surface area contributed by atoms with Crippen molar-refractivity contribution in [2.24, 2.45) is 0 Å². The predicted octanol–water partition coefficient (Wildman–Crippen LogP) is 5.03. The molecule has 10 heteroatoms. The summed E-state index contributed by atoms with van der Waals surface area (Å²) in [5.41, 5.74) is 2.39. The van der Waals surface area contributed by atoms with Gasteiger partial charge >= 0.3 is 0 Å². The molecule has 0 aliphatic heterocycles. The molecular weight excluding hydrogens is 496 g/mol. The number of nitro groups is 1. The molecule has 0 radical (unpaired) electrons. The molecule has 0 aliphatic rings. The lowest BCUT2D eigenvalue weighted by Crippen LogP contribution is -2.29. The fourth-order valence-corrected chi connectivity index (χ4v) is 5.05. The van der Waals surface area contributed by atoms with Crippen LogP contribution in [-0.4, -0.2) is 41.2 Å². The van der Waals surface area contributed by atoms with Gasteiger partial charge in [-0.1, -0.05) is 45.0 Å². The van der Waals surface area contributed by atoms with Gasteiger partial charge in [0, 0.05) is 42.3 Å². The Labute approximate surface area is 217 Å². The van der Waals surface area contributed by atoms with Crippen molar-refractivity contribution in [1.82, 2.24) is 4.72 Å². The monoisotopic (exact) mass is 528 g/mol. The van der Waals surface area contributed by atoms with Crippen LogP contribution in [0.15, 0.2) is 65.6 Å². The first kappa shape index (κ1) is 27.9. The number of hydrogen-bond acceptors (Lipinski definition) is 7. The lowest BCUT2D eigenvalue weighted by Gasteiger charge is -2.25. The van der Waals surface area contributed by atoms with Crippen LogP contribution in [0.25, 0.3) is 0 Å². The molecule has 1 N–H and O–H groups in total. The van der Waals surface area contributed by atoms with Crippen LogP contribution in [0, 0.1) is 10.1 Å². The molecule has 0 fully saturated rings. The minimum absolute atomic E-state index is 0.0206. The van der Waals surface area contributed by atoms with Gasteiger partial charge in [-0.15, -0.1) is 0 Å². The van der Waals surface area contributed by atoms with E-state index in [4.69, 9.17) is 14.2 Å². The van der Waals surface area contributed by atoms with Crippen LogP contribution in [0.3, 0.4) is 0 Å². The first-order valence-corrected chi connectivity index (χ1v) is 13.0. The van der Waals surface area contributed by atoms with Crippen LogP contribution < -0.4 is 18.9 Å². The summed E-state index contributed by atoms with van der Waals surface area (Å²) in [4.78, 5) is 10.3. The number of sulfonamides is 1. The standard InChI is InChI=1S/C27H32N2O7S/c1-27(2,3)19-9-7-18(8-10-19)23(26-24(35-5)15-21(34-4)16-25(26)36-6)17-28-37(32,33)22-13-11-20(12-14-22)29(30)31/h7-16,23,28H,17H2,1-6H3. The Hall–Kier alpha value is -3.63. The fraction of sp³-hybridized carbons (Fsp3) is 0.333. The van der Waals surface area contributed by atoms with E-state index in [1.807, 2.05) is 24.3 Å². The van der Waals surface area contributed by atoms with Gasteiger partial charge in [-0.25, -0.2) is 13.1 Å². The molecule has 3 rings (SSSR count). The maximum absolute atomic E-state index is 13.1. The van der Waals surface area contributed by atoms with Crippen molar-refractivity contribution in [3.05, 3.63) is 87.5 Å². The Kier molecular flexibility index (Phi) is 8.45. The van der Waals surface area contributed by atoms with Crippen molar-refractivity contribution in [2.45, 2.75) is 37.0 Å². The van der Waals surface area contributed by atoms with Crippen molar-refractivity contribution in [3.8, 4) is 17.2 Å². The molecule has 198 valence electrons. The largest absolute Gasteiger partial charge is 0.496 e. The van der Waals surface area contributed by atoms with E-state index in [-0.39, 0.29) is 22.5 Å².